The van der Waals surface area contributed by atoms with Crippen molar-refractivity contribution < 1.29 is 0 Å². The first-order valence-electron chi connectivity index (χ1n) is 18.2. The summed E-state index contributed by atoms with van der Waals surface area (Å²) in [6.45, 7) is 0. The van der Waals surface area contributed by atoms with Crippen molar-refractivity contribution >= 4 is 58.6 Å². The second-order valence-electron chi connectivity index (χ2n) is 13.1. The number of nitrogens with zero attached hydrogens (tertiary/aromatic N) is 2. The topological polar surface area (TPSA) is 25.8 Å². The van der Waals surface area contributed by atoms with Crippen LogP contribution >= 0.6 is 0 Å². The first-order valence-corrected chi connectivity index (χ1v) is 18.2. The van der Waals surface area contributed by atoms with Gasteiger partial charge in [0.1, 0.15) is 0 Å². The standard InChI is InChI=1S/C52H38N2/c1-5-15-43(16-6-1)47(44-17-7-2-8-18-44)37-41-29-25-39(26-30-41)33-35-51-52(54-50-24-14-13-23-49(50)53-51)36-34-40-27-31-42(32-28-40)38-48(45-19-9-3-10-20-45)46-21-11-4-12-22-46/h1-38H/b35-33+,36-34+. The summed E-state index contributed by atoms with van der Waals surface area (Å²) in [4.78, 5) is 10.0. The van der Waals surface area contributed by atoms with Crippen LogP contribution in [-0.4, -0.2) is 9.97 Å². The zero-order chi connectivity index (χ0) is 36.4. The highest BCUT2D eigenvalue weighted by Gasteiger charge is 2.08. The summed E-state index contributed by atoms with van der Waals surface area (Å²) in [5.41, 5.74) is 15.0. The van der Waals surface area contributed by atoms with Crippen LogP contribution in [0.5, 0.6) is 0 Å². The van der Waals surface area contributed by atoms with Crippen LogP contribution < -0.4 is 0 Å². The SMILES string of the molecule is C(=C(c1ccccc1)c1ccccc1)c1ccc(/C=C/c2nc3ccccc3nc2/C=C/c2ccc(C=C(c3ccccc3)c3ccccc3)cc2)cc1. The van der Waals surface area contributed by atoms with Gasteiger partial charge in [-0.3, -0.25) is 0 Å². The van der Waals surface area contributed by atoms with E-state index in [-0.39, 0.29) is 0 Å². The van der Waals surface area contributed by atoms with Crippen LogP contribution in [-0.2, 0) is 0 Å². The Balaban J connectivity index is 1.05. The molecule has 8 aromatic rings. The third kappa shape index (κ3) is 8.31. The van der Waals surface area contributed by atoms with Crippen LogP contribution in [0.3, 0.4) is 0 Å². The lowest BCUT2D eigenvalue weighted by Crippen LogP contribution is -1.93. The molecule has 0 unspecified atom stereocenters. The summed E-state index contributed by atoms with van der Waals surface area (Å²) in [6.07, 6.45) is 12.8. The first-order chi connectivity index (χ1) is 26.7. The highest BCUT2D eigenvalue weighted by atomic mass is 14.8. The monoisotopic (exact) mass is 690 g/mol. The highest BCUT2D eigenvalue weighted by molar-refractivity contribution is 5.93. The quantitative estimate of drug-likeness (QED) is 0.134. The Hall–Kier alpha value is -7.16. The zero-order valence-electron chi connectivity index (χ0n) is 29.8. The molecule has 0 aliphatic rings. The molecular formula is C52H38N2. The Bertz CT molecular complexity index is 2320. The first kappa shape index (κ1) is 34.0. The van der Waals surface area contributed by atoms with E-state index in [9.17, 15) is 0 Å². The smallest absolute Gasteiger partial charge is 0.0894 e. The molecule has 0 bridgehead atoms. The van der Waals surface area contributed by atoms with Crippen LogP contribution in [0.25, 0.3) is 58.6 Å². The van der Waals surface area contributed by atoms with Gasteiger partial charge in [0.15, 0.2) is 0 Å². The lowest BCUT2D eigenvalue weighted by Gasteiger charge is -2.09. The van der Waals surface area contributed by atoms with Crippen LogP contribution in [0.15, 0.2) is 194 Å². The third-order valence-corrected chi connectivity index (χ3v) is 9.33. The molecule has 2 heteroatoms. The Morgan fingerprint density at radius 3 is 0.870 bits per heavy atom. The minimum absolute atomic E-state index is 0.819. The van der Waals surface area contributed by atoms with Gasteiger partial charge >= 0.3 is 0 Å². The molecule has 8 rings (SSSR count). The molecule has 0 atom stereocenters. The number of para-hydroxylation sites is 2. The molecule has 0 radical (unpaired) electrons. The maximum atomic E-state index is 5.01. The molecule has 256 valence electrons. The van der Waals surface area contributed by atoms with Crippen molar-refractivity contribution in [3.05, 3.63) is 250 Å². The van der Waals surface area contributed by atoms with Crippen molar-refractivity contribution in [2.75, 3.05) is 0 Å². The van der Waals surface area contributed by atoms with Crippen molar-refractivity contribution in [2.45, 2.75) is 0 Å². The maximum absolute atomic E-state index is 5.01. The number of hydrogen-bond acceptors (Lipinski definition) is 2. The van der Waals surface area contributed by atoms with Crippen molar-refractivity contribution in [3.63, 3.8) is 0 Å². The van der Waals surface area contributed by atoms with Gasteiger partial charge < -0.3 is 0 Å². The van der Waals surface area contributed by atoms with Gasteiger partial charge in [-0.15, -0.1) is 0 Å². The van der Waals surface area contributed by atoms with E-state index < -0.39 is 0 Å². The Morgan fingerprint density at radius 2 is 0.556 bits per heavy atom. The Labute approximate surface area is 317 Å². The summed E-state index contributed by atoms with van der Waals surface area (Å²) >= 11 is 0. The summed E-state index contributed by atoms with van der Waals surface area (Å²) in [5, 5.41) is 0. The predicted octanol–water partition coefficient (Wildman–Crippen LogP) is 13.1. The average molecular weight is 691 g/mol. The van der Waals surface area contributed by atoms with Gasteiger partial charge in [-0.05, 0) is 92.1 Å². The van der Waals surface area contributed by atoms with Crippen molar-refractivity contribution in [1.29, 1.82) is 0 Å². The molecule has 0 N–H and O–H groups in total. The van der Waals surface area contributed by atoms with Crippen LogP contribution in [0.2, 0.25) is 0 Å². The third-order valence-electron chi connectivity index (χ3n) is 9.33. The molecule has 1 aromatic heterocycles. The number of hydrogen-bond donors (Lipinski definition) is 0. The van der Waals surface area contributed by atoms with Gasteiger partial charge in [-0.2, -0.15) is 0 Å². The Kier molecular flexibility index (Phi) is 10.3. The van der Waals surface area contributed by atoms with Gasteiger partial charge in [-0.25, -0.2) is 9.97 Å². The second kappa shape index (κ2) is 16.5. The van der Waals surface area contributed by atoms with Crippen molar-refractivity contribution in [2.24, 2.45) is 0 Å². The summed E-state index contributed by atoms with van der Waals surface area (Å²) in [5.74, 6) is 0. The van der Waals surface area contributed by atoms with Crippen LogP contribution in [0, 0.1) is 0 Å². The van der Waals surface area contributed by atoms with E-state index in [1.54, 1.807) is 0 Å². The number of rotatable bonds is 10. The molecule has 0 aliphatic carbocycles. The van der Waals surface area contributed by atoms with Crippen LogP contribution in [0.4, 0.5) is 0 Å². The van der Waals surface area contributed by atoms with E-state index in [0.717, 1.165) is 44.7 Å². The average Bonchev–Trinajstić information content (AvgIpc) is 3.25. The van der Waals surface area contributed by atoms with Crippen molar-refractivity contribution in [1.82, 2.24) is 9.97 Å². The van der Waals surface area contributed by atoms with E-state index in [2.05, 4.69) is 206 Å². The summed E-state index contributed by atoms with van der Waals surface area (Å²) < 4.78 is 0. The lowest BCUT2D eigenvalue weighted by molar-refractivity contribution is 1.24. The molecule has 54 heavy (non-hydrogen) atoms. The molecule has 0 saturated carbocycles. The van der Waals surface area contributed by atoms with Crippen LogP contribution in [0.1, 0.15) is 55.9 Å². The molecule has 1 heterocycles. The second-order valence-corrected chi connectivity index (χ2v) is 13.1. The normalized spacial score (nSPS) is 11.2. The Morgan fingerprint density at radius 1 is 0.278 bits per heavy atom. The molecule has 2 nitrogen and oxygen atoms in total. The minimum atomic E-state index is 0.819. The lowest BCUT2D eigenvalue weighted by atomic mass is 9.95. The van der Waals surface area contributed by atoms with E-state index in [0.29, 0.717) is 0 Å². The minimum Gasteiger partial charge on any atom is -0.245 e. The molecule has 0 spiro atoms. The van der Waals surface area contributed by atoms with E-state index in [1.165, 1.54) is 33.4 Å². The fourth-order valence-corrected chi connectivity index (χ4v) is 6.50. The molecular weight excluding hydrogens is 653 g/mol. The largest absolute Gasteiger partial charge is 0.245 e. The van der Waals surface area contributed by atoms with Gasteiger partial charge in [0.05, 0.1) is 22.4 Å². The summed E-state index contributed by atoms with van der Waals surface area (Å²) in [6, 6.07) is 67.5. The van der Waals surface area contributed by atoms with E-state index >= 15 is 0 Å². The number of benzene rings is 7. The fourth-order valence-electron chi connectivity index (χ4n) is 6.50. The number of aromatic nitrogens is 2. The van der Waals surface area contributed by atoms with E-state index in [1.807, 2.05) is 24.3 Å². The summed E-state index contributed by atoms with van der Waals surface area (Å²) in [7, 11) is 0. The fraction of sp³-hybridized carbons (Fsp3) is 0. The van der Waals surface area contributed by atoms with Gasteiger partial charge in [-0.1, -0.05) is 194 Å². The number of fused-ring (bicyclic) bond motifs is 1. The molecule has 7 aromatic carbocycles. The van der Waals surface area contributed by atoms with Crippen molar-refractivity contribution in [3.8, 4) is 0 Å². The predicted molar refractivity (Wildman–Crippen MR) is 230 cm³/mol. The van der Waals surface area contributed by atoms with E-state index in [4.69, 9.17) is 9.97 Å². The zero-order valence-corrected chi connectivity index (χ0v) is 29.8. The van der Waals surface area contributed by atoms with Gasteiger partial charge in [0.25, 0.3) is 0 Å². The molecule has 0 fully saturated rings. The molecule has 0 amide bonds. The highest BCUT2D eigenvalue weighted by Crippen LogP contribution is 2.28. The maximum Gasteiger partial charge on any atom is 0.0894 e. The van der Waals surface area contributed by atoms with Gasteiger partial charge in [0, 0.05) is 0 Å². The van der Waals surface area contributed by atoms with Gasteiger partial charge in [0.2, 0.25) is 0 Å². The molecule has 0 aliphatic heterocycles. The molecule has 0 saturated heterocycles.